The van der Waals surface area contributed by atoms with Crippen LogP contribution in [-0.4, -0.2) is 54.5 Å². The first-order valence-electron chi connectivity index (χ1n) is 8.99. The molecule has 150 valence electrons. The molecule has 2 aromatic rings. The van der Waals surface area contributed by atoms with Crippen LogP contribution in [0.3, 0.4) is 0 Å². The van der Waals surface area contributed by atoms with E-state index >= 15 is 0 Å². The molecule has 1 saturated heterocycles. The summed E-state index contributed by atoms with van der Waals surface area (Å²) in [4.78, 5) is 30.4. The highest BCUT2D eigenvalue weighted by atomic mass is 32.1. The molecule has 1 aliphatic heterocycles. The number of rotatable bonds is 7. The van der Waals surface area contributed by atoms with Gasteiger partial charge in [-0.05, 0) is 38.0 Å². The average molecular weight is 404 g/mol. The Morgan fingerprint density at radius 1 is 1.32 bits per heavy atom. The zero-order chi connectivity index (χ0) is 20.3. The van der Waals surface area contributed by atoms with Gasteiger partial charge in [0.25, 0.3) is 0 Å². The molecule has 0 radical (unpaired) electrons. The maximum absolute atomic E-state index is 12.7. The summed E-state index contributed by atoms with van der Waals surface area (Å²) < 4.78 is 10.6. The smallest absolute Gasteiger partial charge is 0.245 e. The van der Waals surface area contributed by atoms with Crippen molar-refractivity contribution in [1.82, 2.24) is 9.88 Å². The van der Waals surface area contributed by atoms with Crippen molar-refractivity contribution < 1.29 is 19.1 Å². The van der Waals surface area contributed by atoms with E-state index in [1.807, 2.05) is 23.6 Å². The molecule has 1 aliphatic rings. The second-order valence-electron chi connectivity index (χ2n) is 6.57. The summed E-state index contributed by atoms with van der Waals surface area (Å²) in [5, 5.41) is 5.66. The van der Waals surface area contributed by atoms with Gasteiger partial charge in [-0.1, -0.05) is 0 Å². The lowest BCUT2D eigenvalue weighted by Gasteiger charge is -2.25. The first kappa shape index (κ1) is 19.9. The Balaban J connectivity index is 1.70. The van der Waals surface area contributed by atoms with Crippen LogP contribution >= 0.6 is 11.3 Å². The Hall–Kier alpha value is -2.81. The molecule has 0 aliphatic carbocycles. The van der Waals surface area contributed by atoms with Gasteiger partial charge < -0.3 is 25.4 Å². The van der Waals surface area contributed by atoms with Crippen LogP contribution < -0.4 is 20.5 Å². The van der Waals surface area contributed by atoms with E-state index in [0.29, 0.717) is 29.6 Å². The minimum Gasteiger partial charge on any atom is -0.493 e. The van der Waals surface area contributed by atoms with Gasteiger partial charge in [0.15, 0.2) is 16.6 Å². The Morgan fingerprint density at radius 3 is 2.75 bits per heavy atom. The largest absolute Gasteiger partial charge is 0.493 e. The number of nitrogens with one attached hydrogen (secondary N) is 1. The van der Waals surface area contributed by atoms with Crippen molar-refractivity contribution in [2.24, 2.45) is 5.73 Å². The molecule has 8 nitrogen and oxygen atoms in total. The fourth-order valence-corrected chi connectivity index (χ4v) is 4.10. The normalized spacial score (nSPS) is 17.2. The number of nitrogens with zero attached hydrogens (tertiary/aromatic N) is 2. The van der Waals surface area contributed by atoms with Gasteiger partial charge in [0.1, 0.15) is 12.1 Å². The molecule has 2 amide bonds. The molecule has 0 spiro atoms. The van der Waals surface area contributed by atoms with Gasteiger partial charge in [0.05, 0.1) is 19.9 Å². The molecule has 1 aromatic heterocycles. The van der Waals surface area contributed by atoms with E-state index < -0.39 is 18.0 Å². The van der Waals surface area contributed by atoms with E-state index in [1.54, 1.807) is 26.0 Å². The quantitative estimate of drug-likeness (QED) is 0.732. The highest BCUT2D eigenvalue weighted by molar-refractivity contribution is 7.14. The molecule has 2 atom stereocenters. The van der Waals surface area contributed by atoms with Crippen LogP contribution in [0.15, 0.2) is 23.6 Å². The first-order chi connectivity index (χ1) is 13.4. The molecule has 0 unspecified atom stereocenters. The average Bonchev–Trinajstić information content (AvgIpc) is 3.36. The topological polar surface area (TPSA) is 107 Å². The molecule has 1 fully saturated rings. The minimum atomic E-state index is -0.518. The third kappa shape index (κ3) is 4.04. The van der Waals surface area contributed by atoms with Gasteiger partial charge in [0.2, 0.25) is 11.8 Å². The number of amides is 2. The number of methoxy groups -OCH3 is 2. The lowest BCUT2D eigenvalue weighted by Crippen LogP contribution is -2.48. The number of anilines is 1. The van der Waals surface area contributed by atoms with Crippen molar-refractivity contribution >= 4 is 28.3 Å². The van der Waals surface area contributed by atoms with E-state index in [2.05, 4.69) is 10.3 Å². The Bertz CT molecular complexity index is 869. The zero-order valence-corrected chi connectivity index (χ0v) is 16.9. The van der Waals surface area contributed by atoms with Crippen LogP contribution in [0.1, 0.15) is 19.8 Å². The Kier molecular flexibility index (Phi) is 6.03. The highest BCUT2D eigenvalue weighted by Crippen LogP contribution is 2.33. The predicted molar refractivity (Wildman–Crippen MR) is 108 cm³/mol. The lowest BCUT2D eigenvalue weighted by molar-refractivity contribution is -0.137. The number of hydrogen-bond acceptors (Lipinski definition) is 7. The van der Waals surface area contributed by atoms with Crippen LogP contribution in [0, 0.1) is 0 Å². The summed E-state index contributed by atoms with van der Waals surface area (Å²) in [7, 11) is 3.17. The summed E-state index contributed by atoms with van der Waals surface area (Å²) in [6, 6.07) is 4.55. The summed E-state index contributed by atoms with van der Waals surface area (Å²) in [5.74, 6) is 0.665. The molecule has 28 heavy (non-hydrogen) atoms. The Labute approximate surface area is 167 Å². The monoisotopic (exact) mass is 404 g/mol. The second-order valence-corrected chi connectivity index (χ2v) is 7.42. The van der Waals surface area contributed by atoms with Crippen molar-refractivity contribution in [3.63, 3.8) is 0 Å². The number of carbonyl (C=O) groups excluding carboxylic acids is 2. The number of primary amides is 1. The van der Waals surface area contributed by atoms with Crippen molar-refractivity contribution in [3.05, 3.63) is 23.6 Å². The number of benzene rings is 1. The summed E-state index contributed by atoms with van der Waals surface area (Å²) in [5.41, 5.74) is 7.06. The molecular formula is C19H24N4O4S. The van der Waals surface area contributed by atoms with Gasteiger partial charge >= 0.3 is 0 Å². The predicted octanol–water partition coefficient (Wildman–Crippen LogP) is 2.10. The van der Waals surface area contributed by atoms with Crippen molar-refractivity contribution in [2.75, 3.05) is 26.1 Å². The number of ether oxygens (including phenoxy) is 2. The van der Waals surface area contributed by atoms with E-state index in [0.717, 1.165) is 17.7 Å². The number of thiazole rings is 1. The summed E-state index contributed by atoms with van der Waals surface area (Å²) >= 11 is 1.41. The van der Waals surface area contributed by atoms with Crippen LogP contribution in [0.25, 0.3) is 11.3 Å². The number of carbonyl (C=O) groups is 2. The van der Waals surface area contributed by atoms with E-state index in [9.17, 15) is 9.59 Å². The second kappa shape index (κ2) is 8.47. The Morgan fingerprint density at radius 2 is 2.07 bits per heavy atom. The SMILES string of the molecule is COc1ccc(-c2csc(N[C@@H](C)C(=O)N3CCC[C@H]3C(N)=O)n2)cc1OC. The van der Waals surface area contributed by atoms with E-state index in [-0.39, 0.29) is 5.91 Å². The molecule has 1 aromatic carbocycles. The van der Waals surface area contributed by atoms with Gasteiger partial charge in [-0.25, -0.2) is 4.98 Å². The summed E-state index contributed by atoms with van der Waals surface area (Å²) in [6.45, 7) is 2.31. The van der Waals surface area contributed by atoms with Gasteiger partial charge in [-0.3, -0.25) is 9.59 Å². The van der Waals surface area contributed by atoms with Gasteiger partial charge in [-0.15, -0.1) is 11.3 Å². The van der Waals surface area contributed by atoms with Crippen LogP contribution in [-0.2, 0) is 9.59 Å². The van der Waals surface area contributed by atoms with Crippen molar-refractivity contribution in [3.8, 4) is 22.8 Å². The standard InChI is InChI=1S/C19H24N4O4S/c1-11(18(25)23-8-4-5-14(23)17(20)24)21-19-22-13(10-28-19)12-6-7-15(26-2)16(9-12)27-3/h6-7,9-11,14H,4-5,8H2,1-3H3,(H2,20,24)(H,21,22)/t11-,14-/m0/s1. The number of hydrogen-bond donors (Lipinski definition) is 2. The van der Waals surface area contributed by atoms with Crippen LogP contribution in [0.4, 0.5) is 5.13 Å². The third-order valence-electron chi connectivity index (χ3n) is 4.76. The number of nitrogens with two attached hydrogens (primary N) is 1. The number of likely N-dealkylation sites (tertiary alicyclic amines) is 1. The summed E-state index contributed by atoms with van der Waals surface area (Å²) in [6.07, 6.45) is 1.40. The molecule has 3 rings (SSSR count). The molecular weight excluding hydrogens is 380 g/mol. The fourth-order valence-electron chi connectivity index (χ4n) is 3.29. The molecule has 9 heteroatoms. The van der Waals surface area contributed by atoms with Gasteiger partial charge in [0, 0.05) is 17.5 Å². The molecule has 0 saturated carbocycles. The first-order valence-corrected chi connectivity index (χ1v) is 9.86. The highest BCUT2D eigenvalue weighted by Gasteiger charge is 2.34. The minimum absolute atomic E-state index is 0.149. The van der Waals surface area contributed by atoms with E-state index in [4.69, 9.17) is 15.2 Å². The van der Waals surface area contributed by atoms with Crippen molar-refractivity contribution in [1.29, 1.82) is 0 Å². The van der Waals surface area contributed by atoms with Crippen LogP contribution in [0.5, 0.6) is 11.5 Å². The maximum Gasteiger partial charge on any atom is 0.245 e. The van der Waals surface area contributed by atoms with Gasteiger partial charge in [-0.2, -0.15) is 0 Å². The van der Waals surface area contributed by atoms with Crippen LogP contribution in [0.2, 0.25) is 0 Å². The number of aromatic nitrogens is 1. The maximum atomic E-state index is 12.7. The zero-order valence-electron chi connectivity index (χ0n) is 16.1. The molecule has 3 N–H and O–H groups in total. The fraction of sp³-hybridized carbons (Fsp3) is 0.421. The molecule has 2 heterocycles. The third-order valence-corrected chi connectivity index (χ3v) is 5.53. The molecule has 0 bridgehead atoms. The lowest BCUT2D eigenvalue weighted by atomic mass is 10.1. The van der Waals surface area contributed by atoms with E-state index in [1.165, 1.54) is 11.3 Å². The van der Waals surface area contributed by atoms with Crippen molar-refractivity contribution in [2.45, 2.75) is 31.8 Å².